The summed E-state index contributed by atoms with van der Waals surface area (Å²) >= 11 is 0. The van der Waals surface area contributed by atoms with Gasteiger partial charge in [0, 0.05) is 25.0 Å². The smallest absolute Gasteiger partial charge is 0.337 e. The molecule has 94 valence electrons. The number of hydrogen-bond acceptors (Lipinski definition) is 4. The van der Waals surface area contributed by atoms with E-state index >= 15 is 0 Å². The molecule has 1 aromatic rings. The van der Waals surface area contributed by atoms with Crippen molar-refractivity contribution in [3.8, 4) is 0 Å². The van der Waals surface area contributed by atoms with Crippen LogP contribution in [0.25, 0.3) is 0 Å². The van der Waals surface area contributed by atoms with Gasteiger partial charge in [-0.1, -0.05) is 0 Å². The molecule has 0 aliphatic rings. The second-order valence-electron chi connectivity index (χ2n) is 3.99. The van der Waals surface area contributed by atoms with E-state index < -0.39 is 5.97 Å². The average molecular weight is 238 g/mol. The lowest BCUT2D eigenvalue weighted by Gasteiger charge is -2.14. The number of nitrogen functional groups attached to an aromatic ring is 1. The maximum absolute atomic E-state index is 11.0. The molecule has 17 heavy (non-hydrogen) atoms. The van der Waals surface area contributed by atoms with Crippen LogP contribution in [-0.4, -0.2) is 30.8 Å². The van der Waals surface area contributed by atoms with Crippen molar-refractivity contribution >= 4 is 17.3 Å². The van der Waals surface area contributed by atoms with Gasteiger partial charge in [-0.2, -0.15) is 0 Å². The van der Waals surface area contributed by atoms with Gasteiger partial charge in [-0.15, -0.1) is 0 Å². The number of anilines is 2. The molecule has 0 heterocycles. The number of methoxy groups -OCH3 is 1. The first-order chi connectivity index (χ1) is 7.95. The lowest BCUT2D eigenvalue weighted by atomic mass is 10.1. The Bertz CT molecular complexity index is 418. The van der Waals surface area contributed by atoms with Gasteiger partial charge in [-0.25, -0.2) is 4.79 Å². The minimum atomic E-state index is -1.02. The molecule has 0 aliphatic heterocycles. The second-order valence-corrected chi connectivity index (χ2v) is 3.99. The average Bonchev–Trinajstić information content (AvgIpc) is 2.29. The maximum atomic E-state index is 11.0. The molecule has 0 radical (unpaired) electrons. The molecular formula is C12H18N2O3. The number of carboxylic acids is 1. The molecule has 0 fully saturated rings. The molecule has 0 bridgehead atoms. The van der Waals surface area contributed by atoms with Gasteiger partial charge in [0.15, 0.2) is 0 Å². The second kappa shape index (κ2) is 5.54. The standard InChI is InChI=1S/C12H18N2O3/c1-7-4-9(14-6-8(2)17-3)5-10(11(7)13)12(15)16/h4-5,8,14H,6,13H2,1-3H3,(H,15,16). The summed E-state index contributed by atoms with van der Waals surface area (Å²) in [5, 5.41) is 12.1. The first-order valence-electron chi connectivity index (χ1n) is 5.35. The van der Waals surface area contributed by atoms with Crippen LogP contribution in [0.5, 0.6) is 0 Å². The number of rotatable bonds is 5. The Hall–Kier alpha value is -1.75. The highest BCUT2D eigenvalue weighted by atomic mass is 16.5. The van der Waals surface area contributed by atoms with E-state index in [-0.39, 0.29) is 11.7 Å². The Balaban J connectivity index is 2.91. The highest BCUT2D eigenvalue weighted by molar-refractivity contribution is 5.95. The molecule has 0 amide bonds. The minimum Gasteiger partial charge on any atom is -0.478 e. The number of ether oxygens (including phenoxy) is 1. The van der Waals surface area contributed by atoms with Crippen molar-refractivity contribution in [3.05, 3.63) is 23.3 Å². The molecule has 5 nitrogen and oxygen atoms in total. The molecule has 1 atom stereocenters. The largest absolute Gasteiger partial charge is 0.478 e. The van der Waals surface area contributed by atoms with E-state index in [2.05, 4.69) is 5.32 Å². The van der Waals surface area contributed by atoms with Crippen molar-refractivity contribution in [1.82, 2.24) is 0 Å². The number of hydrogen-bond donors (Lipinski definition) is 3. The summed E-state index contributed by atoms with van der Waals surface area (Å²) in [4.78, 5) is 11.0. The molecule has 0 saturated heterocycles. The van der Waals surface area contributed by atoms with Gasteiger partial charge in [0.2, 0.25) is 0 Å². The summed E-state index contributed by atoms with van der Waals surface area (Å²) in [5.41, 5.74) is 7.61. The Morgan fingerprint density at radius 3 is 2.76 bits per heavy atom. The van der Waals surface area contributed by atoms with E-state index in [1.54, 1.807) is 14.0 Å². The van der Waals surface area contributed by atoms with Gasteiger partial charge in [0.25, 0.3) is 0 Å². The fraction of sp³-hybridized carbons (Fsp3) is 0.417. The maximum Gasteiger partial charge on any atom is 0.337 e. The van der Waals surface area contributed by atoms with Crippen LogP contribution in [0.2, 0.25) is 0 Å². The fourth-order valence-electron chi connectivity index (χ4n) is 1.42. The van der Waals surface area contributed by atoms with Crippen molar-refractivity contribution in [2.75, 3.05) is 24.7 Å². The predicted octanol–water partition coefficient (Wildman–Crippen LogP) is 1.72. The molecule has 1 unspecified atom stereocenters. The van der Waals surface area contributed by atoms with Crippen molar-refractivity contribution in [2.24, 2.45) is 0 Å². The van der Waals surface area contributed by atoms with Gasteiger partial charge < -0.3 is 20.9 Å². The van der Waals surface area contributed by atoms with Crippen LogP contribution in [0, 0.1) is 6.92 Å². The van der Waals surface area contributed by atoms with E-state index in [4.69, 9.17) is 15.6 Å². The highest BCUT2D eigenvalue weighted by Gasteiger charge is 2.11. The molecule has 0 spiro atoms. The summed E-state index contributed by atoms with van der Waals surface area (Å²) in [7, 11) is 1.63. The zero-order valence-electron chi connectivity index (χ0n) is 10.3. The number of carbonyl (C=O) groups is 1. The molecule has 5 heteroatoms. The van der Waals surface area contributed by atoms with E-state index in [1.807, 2.05) is 13.0 Å². The molecule has 1 aromatic carbocycles. The van der Waals surface area contributed by atoms with Gasteiger partial charge in [-0.05, 0) is 31.5 Å². The van der Waals surface area contributed by atoms with Gasteiger partial charge in [0.05, 0.1) is 11.7 Å². The fourth-order valence-corrected chi connectivity index (χ4v) is 1.42. The monoisotopic (exact) mass is 238 g/mol. The van der Waals surface area contributed by atoms with E-state index in [0.717, 1.165) is 11.3 Å². The Morgan fingerprint density at radius 1 is 1.59 bits per heavy atom. The number of nitrogens with two attached hydrogens (primary N) is 1. The zero-order chi connectivity index (χ0) is 13.0. The molecule has 0 aromatic heterocycles. The third-order valence-electron chi connectivity index (χ3n) is 2.61. The van der Waals surface area contributed by atoms with Gasteiger partial charge in [0.1, 0.15) is 0 Å². The Kier molecular flexibility index (Phi) is 4.34. The summed E-state index contributed by atoms with van der Waals surface area (Å²) in [6, 6.07) is 3.36. The highest BCUT2D eigenvalue weighted by Crippen LogP contribution is 2.22. The third kappa shape index (κ3) is 3.35. The molecule has 0 saturated carbocycles. The SMILES string of the molecule is COC(C)CNc1cc(C)c(N)c(C(=O)O)c1. The molecular weight excluding hydrogens is 220 g/mol. The first kappa shape index (κ1) is 13.3. The van der Waals surface area contributed by atoms with Crippen molar-refractivity contribution in [3.63, 3.8) is 0 Å². The number of aromatic carboxylic acids is 1. The summed E-state index contributed by atoms with van der Waals surface area (Å²) in [5.74, 6) is -1.02. The van der Waals surface area contributed by atoms with Crippen molar-refractivity contribution < 1.29 is 14.6 Å². The third-order valence-corrected chi connectivity index (χ3v) is 2.61. The lowest BCUT2D eigenvalue weighted by molar-refractivity contribution is 0.0698. The zero-order valence-corrected chi connectivity index (χ0v) is 10.3. The van der Waals surface area contributed by atoms with Crippen LogP contribution in [-0.2, 0) is 4.74 Å². The normalized spacial score (nSPS) is 12.2. The van der Waals surface area contributed by atoms with Crippen LogP contribution in [0.3, 0.4) is 0 Å². The number of nitrogens with one attached hydrogen (secondary N) is 1. The minimum absolute atomic E-state index is 0.0566. The molecule has 4 N–H and O–H groups in total. The number of aryl methyl sites for hydroxylation is 1. The van der Waals surface area contributed by atoms with Crippen LogP contribution in [0.4, 0.5) is 11.4 Å². The van der Waals surface area contributed by atoms with Crippen LogP contribution < -0.4 is 11.1 Å². The molecule has 1 rings (SSSR count). The lowest BCUT2D eigenvalue weighted by Crippen LogP contribution is -2.18. The van der Waals surface area contributed by atoms with Crippen molar-refractivity contribution in [2.45, 2.75) is 20.0 Å². The summed E-state index contributed by atoms with van der Waals surface area (Å²) in [6.45, 7) is 4.32. The van der Waals surface area contributed by atoms with E-state index in [1.165, 1.54) is 6.07 Å². The first-order valence-corrected chi connectivity index (χ1v) is 5.35. The van der Waals surface area contributed by atoms with Crippen molar-refractivity contribution in [1.29, 1.82) is 0 Å². The van der Waals surface area contributed by atoms with Crippen LogP contribution in [0.1, 0.15) is 22.8 Å². The van der Waals surface area contributed by atoms with Gasteiger partial charge in [-0.3, -0.25) is 0 Å². The predicted molar refractivity (Wildman–Crippen MR) is 67.5 cm³/mol. The number of carboxylic acid groups (broad SMARTS) is 1. The molecule has 0 aliphatic carbocycles. The number of benzene rings is 1. The topological polar surface area (TPSA) is 84.6 Å². The van der Waals surface area contributed by atoms with E-state index in [9.17, 15) is 4.79 Å². The van der Waals surface area contributed by atoms with Gasteiger partial charge >= 0.3 is 5.97 Å². The summed E-state index contributed by atoms with van der Waals surface area (Å²) in [6.07, 6.45) is 0.0566. The quantitative estimate of drug-likeness (QED) is 0.680. The van der Waals surface area contributed by atoms with E-state index in [0.29, 0.717) is 12.2 Å². The Morgan fingerprint density at radius 2 is 2.24 bits per heavy atom. The van der Waals surface area contributed by atoms with Crippen LogP contribution in [0.15, 0.2) is 12.1 Å². The van der Waals surface area contributed by atoms with Crippen LogP contribution >= 0.6 is 0 Å². The summed E-state index contributed by atoms with van der Waals surface area (Å²) < 4.78 is 5.10. The Labute approximate surface area is 101 Å².